The van der Waals surface area contributed by atoms with Crippen molar-refractivity contribution in [1.82, 2.24) is 4.90 Å². The van der Waals surface area contributed by atoms with Gasteiger partial charge in [-0.15, -0.1) is 0 Å². The summed E-state index contributed by atoms with van der Waals surface area (Å²) in [6, 6.07) is 0. The van der Waals surface area contributed by atoms with Crippen molar-refractivity contribution in [3.05, 3.63) is 11.6 Å². The molecule has 5 heteroatoms. The first-order chi connectivity index (χ1) is 18.0. The van der Waals surface area contributed by atoms with Crippen molar-refractivity contribution in [1.29, 1.82) is 0 Å². The van der Waals surface area contributed by atoms with Crippen molar-refractivity contribution < 1.29 is 19.1 Å². The topological polar surface area (TPSA) is 55.8 Å². The highest BCUT2D eigenvalue weighted by Gasteiger charge is 2.69. The van der Waals surface area contributed by atoms with Gasteiger partial charge in [0.25, 0.3) is 0 Å². The molecule has 0 radical (unpaired) electrons. The van der Waals surface area contributed by atoms with E-state index in [-0.39, 0.29) is 34.9 Å². The molecule has 6 aliphatic rings. The molecule has 5 fully saturated rings. The molecule has 2 heterocycles. The van der Waals surface area contributed by atoms with Gasteiger partial charge in [0.1, 0.15) is 11.8 Å². The standard InChI is InChI=1S/C33H51NO4/c1-7-8-29(36)37-24-12-14-31(5)23(17-24)9-10-25-26(31)13-15-32(6)27(25)18-28-30(32)21(3)33(38-28)16-11-20(2)19-34(33)22(4)35/h9,20-21,24-28,30H,7-8,10-19H2,1-6H3. The first-order valence-corrected chi connectivity index (χ1v) is 15.9. The number of fused-ring (bicyclic) bond motifs is 7. The summed E-state index contributed by atoms with van der Waals surface area (Å²) in [5, 5.41) is 0. The number of amides is 1. The Balaban J connectivity index is 1.22. The van der Waals surface area contributed by atoms with Crippen molar-refractivity contribution in [2.75, 3.05) is 6.54 Å². The number of ether oxygens (including phenoxy) is 2. The largest absolute Gasteiger partial charge is 0.462 e. The molecule has 0 aromatic heterocycles. The van der Waals surface area contributed by atoms with Crippen LogP contribution in [-0.4, -0.2) is 41.3 Å². The van der Waals surface area contributed by atoms with E-state index < -0.39 is 5.72 Å². The van der Waals surface area contributed by atoms with Gasteiger partial charge in [-0.1, -0.05) is 46.3 Å². The lowest BCUT2D eigenvalue weighted by Gasteiger charge is -2.59. The van der Waals surface area contributed by atoms with Crippen LogP contribution in [0.5, 0.6) is 0 Å². The molecule has 11 atom stereocenters. The van der Waals surface area contributed by atoms with E-state index in [9.17, 15) is 9.59 Å². The molecule has 0 N–H and O–H groups in total. The Labute approximate surface area is 230 Å². The molecule has 0 aromatic carbocycles. The second-order valence-electron chi connectivity index (χ2n) is 14.7. The quantitative estimate of drug-likeness (QED) is 0.297. The van der Waals surface area contributed by atoms with Gasteiger partial charge < -0.3 is 14.4 Å². The first kappa shape index (κ1) is 26.8. The van der Waals surface area contributed by atoms with Crippen LogP contribution in [0.2, 0.25) is 0 Å². The molecule has 1 spiro atoms. The van der Waals surface area contributed by atoms with Crippen LogP contribution in [-0.2, 0) is 19.1 Å². The Hall–Kier alpha value is -1.36. The lowest BCUT2D eigenvalue weighted by Crippen LogP contribution is -2.60. The summed E-state index contributed by atoms with van der Waals surface area (Å²) in [5.41, 5.74) is 1.71. The molecule has 3 saturated carbocycles. The Morgan fingerprint density at radius 3 is 2.63 bits per heavy atom. The third kappa shape index (κ3) is 3.79. The second-order valence-corrected chi connectivity index (χ2v) is 14.7. The van der Waals surface area contributed by atoms with Gasteiger partial charge in [0.15, 0.2) is 0 Å². The van der Waals surface area contributed by atoms with Crippen LogP contribution in [0, 0.1) is 46.3 Å². The maximum atomic E-state index is 12.8. The van der Waals surface area contributed by atoms with Gasteiger partial charge in [-0.25, -0.2) is 0 Å². The predicted molar refractivity (Wildman–Crippen MR) is 148 cm³/mol. The number of carbonyl (C=O) groups excluding carboxylic acids is 2. The number of hydrogen-bond acceptors (Lipinski definition) is 4. The minimum atomic E-state index is -0.391. The fraction of sp³-hybridized carbons (Fsp3) is 0.879. The van der Waals surface area contributed by atoms with E-state index in [0.717, 1.165) is 57.4 Å². The summed E-state index contributed by atoms with van der Waals surface area (Å²) in [4.78, 5) is 27.1. The smallest absolute Gasteiger partial charge is 0.306 e. The van der Waals surface area contributed by atoms with Gasteiger partial charge in [0, 0.05) is 32.2 Å². The van der Waals surface area contributed by atoms with E-state index in [1.807, 2.05) is 6.92 Å². The molecule has 6 rings (SSSR count). The SMILES string of the molecule is CCCC(=O)OC1CCC2(C)C(=CCC3C2CCC2(C)C3CC3OC4(CCC(C)CN4C(C)=O)C(C)C32)C1. The Kier molecular flexibility index (Phi) is 6.60. The van der Waals surface area contributed by atoms with Crippen LogP contribution in [0.25, 0.3) is 0 Å². The van der Waals surface area contributed by atoms with Crippen LogP contribution in [0.1, 0.15) is 112 Å². The van der Waals surface area contributed by atoms with E-state index in [2.05, 4.69) is 38.7 Å². The number of esters is 1. The molecule has 2 aliphatic heterocycles. The molecule has 1 amide bonds. The van der Waals surface area contributed by atoms with E-state index in [1.54, 1.807) is 12.5 Å². The van der Waals surface area contributed by atoms with Gasteiger partial charge in [0.05, 0.1) is 6.10 Å². The third-order valence-electron chi connectivity index (χ3n) is 12.8. The van der Waals surface area contributed by atoms with Crippen LogP contribution in [0.4, 0.5) is 0 Å². The molecule has 0 aromatic rings. The van der Waals surface area contributed by atoms with E-state index >= 15 is 0 Å². The molecule has 0 bridgehead atoms. The molecule has 212 valence electrons. The molecule has 4 aliphatic carbocycles. The number of nitrogens with zero attached hydrogens (tertiary/aromatic N) is 1. The molecule has 38 heavy (non-hydrogen) atoms. The maximum absolute atomic E-state index is 12.8. The van der Waals surface area contributed by atoms with Crippen LogP contribution in [0.3, 0.4) is 0 Å². The minimum Gasteiger partial charge on any atom is -0.462 e. The zero-order valence-electron chi connectivity index (χ0n) is 24.8. The predicted octanol–water partition coefficient (Wildman–Crippen LogP) is 6.90. The van der Waals surface area contributed by atoms with Crippen molar-refractivity contribution in [2.24, 2.45) is 46.3 Å². The lowest BCUT2D eigenvalue weighted by atomic mass is 9.46. The summed E-state index contributed by atoms with van der Waals surface area (Å²) in [7, 11) is 0. The highest BCUT2D eigenvalue weighted by atomic mass is 16.5. The second kappa shape index (κ2) is 9.35. The summed E-state index contributed by atoms with van der Waals surface area (Å²) >= 11 is 0. The van der Waals surface area contributed by atoms with Crippen LogP contribution in [0.15, 0.2) is 11.6 Å². The Morgan fingerprint density at radius 2 is 1.89 bits per heavy atom. The summed E-state index contributed by atoms with van der Waals surface area (Å²) in [5.74, 6) is 3.76. The lowest BCUT2D eigenvalue weighted by molar-refractivity contribution is -0.200. The van der Waals surface area contributed by atoms with E-state index in [0.29, 0.717) is 36.0 Å². The fourth-order valence-electron chi connectivity index (χ4n) is 11.0. The van der Waals surface area contributed by atoms with Gasteiger partial charge in [-0.05, 0) is 98.2 Å². The van der Waals surface area contributed by atoms with Gasteiger partial charge in [-0.2, -0.15) is 0 Å². The van der Waals surface area contributed by atoms with Gasteiger partial charge in [0.2, 0.25) is 5.91 Å². The third-order valence-corrected chi connectivity index (χ3v) is 12.8. The average molecular weight is 526 g/mol. The highest BCUT2D eigenvalue weighted by Crippen LogP contribution is 2.70. The fourth-order valence-corrected chi connectivity index (χ4v) is 11.0. The average Bonchev–Trinajstić information content (AvgIpc) is 3.31. The van der Waals surface area contributed by atoms with Crippen molar-refractivity contribution in [3.8, 4) is 0 Å². The van der Waals surface area contributed by atoms with E-state index in [1.165, 1.54) is 19.3 Å². The van der Waals surface area contributed by atoms with Crippen LogP contribution < -0.4 is 0 Å². The Bertz CT molecular complexity index is 1010. The summed E-state index contributed by atoms with van der Waals surface area (Å²) < 4.78 is 13.0. The Morgan fingerprint density at radius 1 is 1.11 bits per heavy atom. The highest BCUT2D eigenvalue weighted by molar-refractivity contribution is 5.74. The monoisotopic (exact) mass is 525 g/mol. The number of hydrogen-bond donors (Lipinski definition) is 0. The maximum Gasteiger partial charge on any atom is 0.306 e. The number of likely N-dealkylation sites (tertiary alicyclic amines) is 1. The normalized spacial score (nSPS) is 49.5. The summed E-state index contributed by atoms with van der Waals surface area (Å²) in [6.07, 6.45) is 14.4. The molecule has 2 saturated heterocycles. The molecule has 5 nitrogen and oxygen atoms in total. The summed E-state index contributed by atoms with van der Waals surface area (Å²) in [6.45, 7) is 14.4. The van der Waals surface area contributed by atoms with Gasteiger partial charge >= 0.3 is 5.97 Å². The van der Waals surface area contributed by atoms with Crippen molar-refractivity contribution >= 4 is 11.9 Å². The zero-order chi connectivity index (χ0) is 27.0. The molecular weight excluding hydrogens is 474 g/mol. The number of carbonyl (C=O) groups is 2. The minimum absolute atomic E-state index is 0.0241. The van der Waals surface area contributed by atoms with Crippen molar-refractivity contribution in [2.45, 2.75) is 130 Å². The van der Waals surface area contributed by atoms with Crippen LogP contribution >= 0.6 is 0 Å². The van der Waals surface area contributed by atoms with Gasteiger partial charge in [-0.3, -0.25) is 9.59 Å². The van der Waals surface area contributed by atoms with Crippen molar-refractivity contribution in [3.63, 3.8) is 0 Å². The number of rotatable bonds is 3. The first-order valence-electron chi connectivity index (χ1n) is 15.9. The molecular formula is C33H51NO4. The van der Waals surface area contributed by atoms with E-state index in [4.69, 9.17) is 9.47 Å². The number of piperidine rings is 1. The zero-order valence-corrected chi connectivity index (χ0v) is 24.8. The number of allylic oxidation sites excluding steroid dienone is 1. The molecule has 11 unspecified atom stereocenters.